The molecule has 24 heavy (non-hydrogen) atoms. The van der Waals surface area contributed by atoms with E-state index in [0.29, 0.717) is 11.5 Å². The van der Waals surface area contributed by atoms with E-state index in [2.05, 4.69) is 13.8 Å². The highest BCUT2D eigenvalue weighted by Crippen LogP contribution is 2.61. The lowest BCUT2D eigenvalue weighted by atomic mass is 9.46. The summed E-state index contributed by atoms with van der Waals surface area (Å²) in [5, 5.41) is 19.9. The van der Waals surface area contributed by atoms with Gasteiger partial charge in [-0.2, -0.15) is 0 Å². The molecule has 2 aliphatic carbocycles. The molecule has 0 spiro atoms. The van der Waals surface area contributed by atoms with Crippen LogP contribution in [0.5, 0.6) is 0 Å². The number of furan rings is 1. The third-order valence-electron chi connectivity index (χ3n) is 7.00. The van der Waals surface area contributed by atoms with E-state index in [9.17, 15) is 15.0 Å². The van der Waals surface area contributed by atoms with Crippen LogP contribution >= 0.6 is 0 Å². The van der Waals surface area contributed by atoms with Gasteiger partial charge in [-0.1, -0.05) is 19.9 Å². The van der Waals surface area contributed by atoms with E-state index < -0.39 is 11.4 Å². The highest BCUT2D eigenvalue weighted by molar-refractivity contribution is 5.88. The van der Waals surface area contributed by atoms with Gasteiger partial charge in [0.2, 0.25) is 0 Å². The largest absolute Gasteiger partial charge is 0.478 e. The number of aliphatic carboxylic acids is 1. The van der Waals surface area contributed by atoms with Crippen LogP contribution in [0.3, 0.4) is 0 Å². The topological polar surface area (TPSA) is 70.7 Å². The fraction of sp³-hybridized carbons (Fsp3) is 0.650. The average Bonchev–Trinajstić information content (AvgIpc) is 3.09. The van der Waals surface area contributed by atoms with Gasteiger partial charge < -0.3 is 14.6 Å². The van der Waals surface area contributed by atoms with E-state index in [1.807, 2.05) is 12.1 Å². The van der Waals surface area contributed by atoms with Crippen LogP contribution in [0.1, 0.15) is 51.5 Å². The quantitative estimate of drug-likeness (QED) is 0.853. The summed E-state index contributed by atoms with van der Waals surface area (Å²) >= 11 is 0. The highest BCUT2D eigenvalue weighted by atomic mass is 16.4. The van der Waals surface area contributed by atoms with Crippen LogP contribution in [0.25, 0.3) is 0 Å². The zero-order chi connectivity index (χ0) is 17.4. The Labute approximate surface area is 143 Å². The molecule has 0 radical (unpaired) electrons. The van der Waals surface area contributed by atoms with Crippen LogP contribution < -0.4 is 0 Å². The number of carboxylic acids is 1. The number of rotatable bonds is 5. The normalized spacial score (nSPS) is 36.0. The third kappa shape index (κ3) is 2.61. The Morgan fingerprint density at radius 2 is 2.21 bits per heavy atom. The van der Waals surface area contributed by atoms with Crippen LogP contribution in [0.15, 0.2) is 34.7 Å². The van der Waals surface area contributed by atoms with Gasteiger partial charge in [-0.25, -0.2) is 4.79 Å². The van der Waals surface area contributed by atoms with Gasteiger partial charge in [0.05, 0.1) is 19.1 Å². The molecule has 1 saturated carbocycles. The average molecular weight is 332 g/mol. The van der Waals surface area contributed by atoms with E-state index in [0.717, 1.165) is 38.5 Å². The lowest BCUT2D eigenvalue weighted by molar-refractivity contribution is -0.139. The number of carbonyl (C=O) groups is 1. The zero-order valence-electron chi connectivity index (χ0n) is 14.6. The lowest BCUT2D eigenvalue weighted by Gasteiger charge is -2.58. The van der Waals surface area contributed by atoms with Crippen molar-refractivity contribution in [3.8, 4) is 0 Å². The van der Waals surface area contributed by atoms with Gasteiger partial charge >= 0.3 is 5.97 Å². The van der Waals surface area contributed by atoms with Crippen molar-refractivity contribution in [2.75, 3.05) is 6.61 Å². The summed E-state index contributed by atoms with van der Waals surface area (Å²) in [7, 11) is 0. The molecule has 1 aromatic heterocycles. The Morgan fingerprint density at radius 3 is 2.83 bits per heavy atom. The van der Waals surface area contributed by atoms with Gasteiger partial charge in [-0.05, 0) is 67.4 Å². The fourth-order valence-electron chi connectivity index (χ4n) is 5.32. The van der Waals surface area contributed by atoms with E-state index in [1.54, 1.807) is 12.5 Å². The summed E-state index contributed by atoms with van der Waals surface area (Å²) in [6.45, 7) is 4.52. The Balaban J connectivity index is 1.93. The summed E-state index contributed by atoms with van der Waals surface area (Å²) in [5.41, 5.74) is 1.07. The number of aliphatic hydroxyl groups excluding tert-OH is 1. The maximum Gasteiger partial charge on any atom is 0.331 e. The van der Waals surface area contributed by atoms with Crippen molar-refractivity contribution in [3.05, 3.63) is 35.8 Å². The van der Waals surface area contributed by atoms with Gasteiger partial charge in [0.1, 0.15) is 0 Å². The molecule has 4 atom stereocenters. The van der Waals surface area contributed by atoms with Crippen molar-refractivity contribution in [1.82, 2.24) is 0 Å². The molecule has 0 aromatic carbocycles. The van der Waals surface area contributed by atoms with Crippen molar-refractivity contribution in [2.45, 2.75) is 52.4 Å². The molecule has 0 aliphatic heterocycles. The summed E-state index contributed by atoms with van der Waals surface area (Å²) in [4.78, 5) is 11.8. The number of hydrogen-bond donors (Lipinski definition) is 2. The minimum Gasteiger partial charge on any atom is -0.478 e. The van der Waals surface area contributed by atoms with E-state index >= 15 is 0 Å². The van der Waals surface area contributed by atoms with E-state index in [1.165, 1.54) is 5.56 Å². The summed E-state index contributed by atoms with van der Waals surface area (Å²) < 4.78 is 5.18. The Kier molecular flexibility index (Phi) is 4.60. The van der Waals surface area contributed by atoms with Crippen molar-refractivity contribution >= 4 is 5.97 Å². The molecule has 4 nitrogen and oxygen atoms in total. The first-order valence-corrected chi connectivity index (χ1v) is 9.00. The number of aliphatic hydroxyl groups is 1. The number of allylic oxidation sites excluding steroid dienone is 1. The van der Waals surface area contributed by atoms with Gasteiger partial charge in [-0.15, -0.1) is 0 Å². The van der Waals surface area contributed by atoms with Gasteiger partial charge in [0.15, 0.2) is 0 Å². The Bertz CT molecular complexity index is 618. The predicted octanol–water partition coefficient (Wildman–Crippen LogP) is 4.05. The molecule has 1 fully saturated rings. The van der Waals surface area contributed by atoms with Crippen LogP contribution in [-0.4, -0.2) is 22.8 Å². The number of carboxylic acid groups (broad SMARTS) is 1. The molecule has 132 valence electrons. The fourth-order valence-corrected chi connectivity index (χ4v) is 5.32. The molecule has 0 bridgehead atoms. The summed E-state index contributed by atoms with van der Waals surface area (Å²) in [5.74, 6) is -0.135. The maximum atomic E-state index is 11.8. The molecule has 2 N–H and O–H groups in total. The number of hydrogen-bond acceptors (Lipinski definition) is 3. The molecule has 4 heteroatoms. The van der Waals surface area contributed by atoms with E-state index in [4.69, 9.17) is 4.42 Å². The van der Waals surface area contributed by atoms with Gasteiger partial charge in [0.25, 0.3) is 0 Å². The summed E-state index contributed by atoms with van der Waals surface area (Å²) in [6.07, 6.45) is 10.8. The number of fused-ring (bicyclic) bond motifs is 1. The lowest BCUT2D eigenvalue weighted by Crippen LogP contribution is -2.54. The monoisotopic (exact) mass is 332 g/mol. The predicted molar refractivity (Wildman–Crippen MR) is 91.5 cm³/mol. The second kappa shape index (κ2) is 6.40. The smallest absolute Gasteiger partial charge is 0.331 e. The first-order valence-electron chi connectivity index (χ1n) is 9.00. The minimum absolute atomic E-state index is 0.0210. The maximum absolute atomic E-state index is 11.8. The zero-order valence-corrected chi connectivity index (χ0v) is 14.6. The van der Waals surface area contributed by atoms with Crippen molar-refractivity contribution in [2.24, 2.45) is 22.7 Å². The van der Waals surface area contributed by atoms with Crippen LogP contribution in [0.2, 0.25) is 0 Å². The molecule has 2 aliphatic rings. The standard InChI is InChI=1S/C20H28O4/c1-14-6-10-20(13-21)16(18(22)23)4-3-5-17(20)19(14,2)9-7-15-8-11-24-12-15/h4,8,11-12,14,17,21H,3,5-7,9-10,13H2,1-2H3,(H,22,23)/t14-,17?,19+,20-/m0/s1. The van der Waals surface area contributed by atoms with Gasteiger partial charge in [-0.3, -0.25) is 0 Å². The first-order chi connectivity index (χ1) is 11.4. The van der Waals surface area contributed by atoms with Crippen LogP contribution in [0.4, 0.5) is 0 Å². The second-order valence-corrected chi connectivity index (χ2v) is 7.94. The molecule has 1 heterocycles. The van der Waals surface area contributed by atoms with Gasteiger partial charge in [0, 0.05) is 11.0 Å². The SMILES string of the molecule is C[C@H]1CC[C@]2(CO)C(C(=O)O)=CCCC2[C@]1(C)CCc1ccoc1. The first kappa shape index (κ1) is 17.3. The molecule has 1 aromatic rings. The minimum atomic E-state index is -0.861. The van der Waals surface area contributed by atoms with Crippen LogP contribution in [-0.2, 0) is 11.2 Å². The molecule has 1 unspecified atom stereocenters. The van der Waals surface area contributed by atoms with E-state index in [-0.39, 0.29) is 17.9 Å². The molecule has 3 rings (SSSR count). The second-order valence-electron chi connectivity index (χ2n) is 7.94. The summed E-state index contributed by atoms with van der Waals surface area (Å²) in [6, 6.07) is 2.00. The number of aryl methyl sites for hydroxylation is 1. The van der Waals surface area contributed by atoms with Crippen molar-refractivity contribution in [3.63, 3.8) is 0 Å². The Hall–Kier alpha value is -1.55. The molecule has 0 saturated heterocycles. The van der Waals surface area contributed by atoms with Crippen molar-refractivity contribution < 1.29 is 19.4 Å². The molecular weight excluding hydrogens is 304 g/mol. The van der Waals surface area contributed by atoms with Crippen molar-refractivity contribution in [1.29, 1.82) is 0 Å². The molecule has 0 amide bonds. The highest BCUT2D eigenvalue weighted by Gasteiger charge is 2.57. The third-order valence-corrected chi connectivity index (χ3v) is 7.00. The molecular formula is C20H28O4. The Morgan fingerprint density at radius 1 is 1.42 bits per heavy atom. The van der Waals surface area contributed by atoms with Crippen LogP contribution in [0, 0.1) is 22.7 Å².